The smallest absolute Gasteiger partial charge is 0.373 e. The Labute approximate surface area is 200 Å². The van der Waals surface area contributed by atoms with Crippen molar-refractivity contribution in [3.05, 3.63) is 54.2 Å². The fraction of sp³-hybridized carbons (Fsp3) is 0.250. The Morgan fingerprint density at radius 3 is 2.50 bits per heavy atom. The van der Waals surface area contributed by atoms with Crippen molar-refractivity contribution in [3.63, 3.8) is 0 Å². The number of amides is 3. The zero-order chi connectivity index (χ0) is 22.0. The molecule has 0 spiro atoms. The number of esters is 1. The zero-order valence-electron chi connectivity index (χ0n) is 16.3. The van der Waals surface area contributed by atoms with E-state index in [1.807, 2.05) is 26.0 Å². The average Bonchev–Trinajstić information content (AvgIpc) is 3.25. The Kier molecular flexibility index (Phi) is 7.06. The second-order valence-corrected chi connectivity index (χ2v) is 8.94. The Hall–Kier alpha value is -2.09. The second-order valence-electron chi connectivity index (χ2n) is 6.62. The van der Waals surface area contributed by atoms with Gasteiger partial charge < -0.3 is 19.2 Å². The van der Waals surface area contributed by atoms with Gasteiger partial charge in [-0.15, -0.1) is 0 Å². The molecule has 0 radical (unpaired) electrons. The fourth-order valence-electron chi connectivity index (χ4n) is 2.72. The third kappa shape index (κ3) is 4.96. The number of furan rings is 1. The van der Waals surface area contributed by atoms with E-state index >= 15 is 0 Å². The van der Waals surface area contributed by atoms with Gasteiger partial charge in [0.05, 0.1) is 26.9 Å². The molecule has 0 unspecified atom stereocenters. The van der Waals surface area contributed by atoms with Crippen LogP contribution in [0.2, 0.25) is 0 Å². The lowest BCUT2D eigenvalue weighted by Crippen LogP contribution is -2.30. The van der Waals surface area contributed by atoms with E-state index < -0.39 is 17.9 Å². The first-order valence-electron chi connectivity index (χ1n) is 8.87. The number of carbonyl (C=O) groups excluding carboxylic acids is 3. The highest BCUT2D eigenvalue weighted by molar-refractivity contribution is 14.1. The number of halogens is 2. The van der Waals surface area contributed by atoms with Crippen LogP contribution in [0, 0.1) is 7.14 Å². The van der Waals surface area contributed by atoms with E-state index in [2.05, 4.69) is 55.2 Å². The minimum atomic E-state index is -0.631. The molecule has 8 nitrogen and oxygen atoms in total. The van der Waals surface area contributed by atoms with E-state index in [0.717, 1.165) is 23.4 Å². The topological polar surface area (TPSA) is 98.1 Å². The summed E-state index contributed by atoms with van der Waals surface area (Å²) in [6, 6.07) is 6.15. The molecule has 158 valence electrons. The Morgan fingerprint density at radius 2 is 1.90 bits per heavy atom. The number of benzene rings is 1. The summed E-state index contributed by atoms with van der Waals surface area (Å²) in [6.45, 7) is 3.81. The average molecular weight is 636 g/mol. The van der Waals surface area contributed by atoms with E-state index in [1.54, 1.807) is 6.08 Å². The number of urea groups is 1. The van der Waals surface area contributed by atoms with Crippen LogP contribution in [0.3, 0.4) is 0 Å². The van der Waals surface area contributed by atoms with Gasteiger partial charge in [0.15, 0.2) is 0 Å². The summed E-state index contributed by atoms with van der Waals surface area (Å²) in [5.41, 5.74) is 0.917. The summed E-state index contributed by atoms with van der Waals surface area (Å²) in [6.07, 6.45) is 1.66. The first-order chi connectivity index (χ1) is 14.2. The number of rotatable bonds is 6. The molecule has 1 aromatic carbocycles. The maximum Gasteiger partial charge on any atom is 0.373 e. The molecule has 0 aliphatic carbocycles. The molecule has 3 rings (SSSR count). The minimum Gasteiger partial charge on any atom is -0.489 e. The van der Waals surface area contributed by atoms with Crippen LogP contribution in [0.5, 0.6) is 5.75 Å². The number of carbonyl (C=O) groups is 3. The monoisotopic (exact) mass is 636 g/mol. The third-order valence-electron chi connectivity index (χ3n) is 4.01. The van der Waals surface area contributed by atoms with Crippen LogP contribution in [0.15, 0.2) is 34.4 Å². The van der Waals surface area contributed by atoms with Crippen molar-refractivity contribution in [2.24, 2.45) is 0 Å². The summed E-state index contributed by atoms with van der Waals surface area (Å²) < 4.78 is 17.6. The Bertz CT molecular complexity index is 1020. The quantitative estimate of drug-likeness (QED) is 0.222. The number of hydrogen-bond donors (Lipinski definition) is 1. The highest BCUT2D eigenvalue weighted by Crippen LogP contribution is 2.31. The first-order valence-corrected chi connectivity index (χ1v) is 11.0. The van der Waals surface area contributed by atoms with Crippen molar-refractivity contribution in [1.29, 1.82) is 0 Å². The lowest BCUT2D eigenvalue weighted by Gasteiger charge is -2.14. The molecule has 1 fully saturated rings. The molecule has 1 aliphatic rings. The molecule has 1 aromatic heterocycles. The van der Waals surface area contributed by atoms with Gasteiger partial charge in [-0.2, -0.15) is 0 Å². The molecule has 1 N–H and O–H groups in total. The number of imide groups is 1. The maximum atomic E-state index is 12.7. The van der Waals surface area contributed by atoms with Gasteiger partial charge in [-0.05, 0) is 94.9 Å². The van der Waals surface area contributed by atoms with Crippen LogP contribution in [-0.4, -0.2) is 36.0 Å². The molecule has 0 bridgehead atoms. The lowest BCUT2D eigenvalue weighted by molar-refractivity contribution is -0.123. The Balaban J connectivity index is 1.79. The number of hydrogen-bond acceptors (Lipinski definition) is 6. The van der Waals surface area contributed by atoms with Crippen molar-refractivity contribution < 1.29 is 28.3 Å². The van der Waals surface area contributed by atoms with Crippen LogP contribution in [0.1, 0.15) is 35.7 Å². The van der Waals surface area contributed by atoms with Gasteiger partial charge >= 0.3 is 12.0 Å². The standard InChI is InChI=1S/C20H18I2N2O6/c1-10(2)29-17-13(21)6-11(7-14(17)22)8-15-18(25)24(20(27)23-15)9-12-4-5-16(30-12)19(26)28-3/h4-8,10H,9H2,1-3H3,(H,23,27)/b15-8-. The predicted octanol–water partition coefficient (Wildman–Crippen LogP) is 4.16. The number of nitrogens with one attached hydrogen (secondary N) is 1. The summed E-state index contributed by atoms with van der Waals surface area (Å²) in [4.78, 5) is 37.5. The van der Waals surface area contributed by atoms with Crippen LogP contribution in [0.25, 0.3) is 6.08 Å². The lowest BCUT2D eigenvalue weighted by atomic mass is 10.2. The molecule has 10 heteroatoms. The van der Waals surface area contributed by atoms with Crippen molar-refractivity contribution in [2.45, 2.75) is 26.5 Å². The van der Waals surface area contributed by atoms with Gasteiger partial charge in [0.2, 0.25) is 5.76 Å². The summed E-state index contributed by atoms with van der Waals surface area (Å²) in [7, 11) is 1.24. The Morgan fingerprint density at radius 1 is 1.23 bits per heavy atom. The van der Waals surface area contributed by atoms with E-state index in [4.69, 9.17) is 9.15 Å². The molecule has 1 saturated heterocycles. The van der Waals surface area contributed by atoms with E-state index in [0.29, 0.717) is 5.76 Å². The summed E-state index contributed by atoms with van der Waals surface area (Å²) in [5.74, 6) is -0.0322. The summed E-state index contributed by atoms with van der Waals surface area (Å²) in [5, 5.41) is 2.58. The van der Waals surface area contributed by atoms with Gasteiger partial charge in [-0.1, -0.05) is 0 Å². The molecular weight excluding hydrogens is 618 g/mol. The molecule has 3 amide bonds. The van der Waals surface area contributed by atoms with Crippen molar-refractivity contribution >= 4 is 69.2 Å². The van der Waals surface area contributed by atoms with Gasteiger partial charge in [-0.3, -0.25) is 9.69 Å². The number of ether oxygens (including phenoxy) is 2. The second kappa shape index (κ2) is 9.37. The van der Waals surface area contributed by atoms with Gasteiger partial charge in [0, 0.05) is 0 Å². The normalized spacial score (nSPS) is 15.1. The number of nitrogens with zero attached hydrogens (tertiary/aromatic N) is 1. The maximum absolute atomic E-state index is 12.7. The van der Waals surface area contributed by atoms with Gasteiger partial charge in [0.1, 0.15) is 17.2 Å². The van der Waals surface area contributed by atoms with Gasteiger partial charge in [0.25, 0.3) is 5.91 Å². The largest absolute Gasteiger partial charge is 0.489 e. The molecule has 0 saturated carbocycles. The van der Waals surface area contributed by atoms with Gasteiger partial charge in [-0.25, -0.2) is 9.59 Å². The molecule has 2 aromatic rings. The van der Waals surface area contributed by atoms with E-state index in [-0.39, 0.29) is 24.1 Å². The highest BCUT2D eigenvalue weighted by Gasteiger charge is 2.34. The van der Waals surface area contributed by atoms with Crippen LogP contribution in [-0.2, 0) is 16.1 Å². The zero-order valence-corrected chi connectivity index (χ0v) is 20.6. The van der Waals surface area contributed by atoms with Crippen LogP contribution >= 0.6 is 45.2 Å². The van der Waals surface area contributed by atoms with Crippen molar-refractivity contribution in [1.82, 2.24) is 10.2 Å². The van der Waals surface area contributed by atoms with Crippen LogP contribution < -0.4 is 10.1 Å². The predicted molar refractivity (Wildman–Crippen MR) is 125 cm³/mol. The molecule has 1 aliphatic heterocycles. The fourth-order valence-corrected chi connectivity index (χ4v) is 4.79. The highest BCUT2D eigenvalue weighted by atomic mass is 127. The van der Waals surface area contributed by atoms with E-state index in [1.165, 1.54) is 19.2 Å². The van der Waals surface area contributed by atoms with Crippen molar-refractivity contribution in [3.8, 4) is 5.75 Å². The van der Waals surface area contributed by atoms with Crippen molar-refractivity contribution in [2.75, 3.05) is 7.11 Å². The third-order valence-corrected chi connectivity index (χ3v) is 5.61. The minimum absolute atomic E-state index is 0.00294. The molecule has 0 atom stereocenters. The number of methoxy groups -OCH3 is 1. The molecule has 2 heterocycles. The molecule has 30 heavy (non-hydrogen) atoms. The SMILES string of the molecule is COC(=O)c1ccc(CN2C(=O)N/C(=C\c3cc(I)c(OC(C)C)c(I)c3)C2=O)o1. The molecular formula is C20H18I2N2O6. The van der Waals surface area contributed by atoms with E-state index in [9.17, 15) is 14.4 Å². The summed E-state index contributed by atoms with van der Waals surface area (Å²) >= 11 is 4.36. The van der Waals surface area contributed by atoms with Crippen LogP contribution in [0.4, 0.5) is 4.79 Å². The first kappa shape index (κ1) is 22.6.